The number of ether oxygens (including phenoxy) is 2. The summed E-state index contributed by atoms with van der Waals surface area (Å²) in [5.41, 5.74) is 1.85. The number of aryl methyl sites for hydroxylation is 2. The number of carbonyl (C=O) groups is 1. The van der Waals surface area contributed by atoms with Crippen LogP contribution in [-0.2, 0) is 13.7 Å². The highest BCUT2D eigenvalue weighted by atomic mass is 35.5. The summed E-state index contributed by atoms with van der Waals surface area (Å²) in [6.07, 6.45) is 4.02. The van der Waals surface area contributed by atoms with Gasteiger partial charge in [0.25, 0.3) is 0 Å². The maximum Gasteiger partial charge on any atom is 0.318 e. The number of rotatable bonds is 8. The molecule has 8 nitrogen and oxygen atoms in total. The van der Waals surface area contributed by atoms with Crippen molar-refractivity contribution in [2.75, 3.05) is 7.11 Å². The molecule has 0 atom stereocenters. The van der Waals surface area contributed by atoms with Crippen molar-refractivity contribution < 1.29 is 19.2 Å². The van der Waals surface area contributed by atoms with Gasteiger partial charge in [0.1, 0.15) is 24.3 Å². The Morgan fingerprint density at radius 2 is 2.00 bits per heavy atom. The Hall–Kier alpha value is -3.65. The van der Waals surface area contributed by atoms with Crippen LogP contribution >= 0.6 is 11.6 Å². The smallest absolute Gasteiger partial charge is 0.318 e. The Kier molecular flexibility index (Phi) is 6.71. The van der Waals surface area contributed by atoms with Crippen LogP contribution in [0.4, 0.5) is 5.69 Å². The molecule has 0 aliphatic rings. The minimum Gasteiger partial charge on any atom is -0.496 e. The van der Waals surface area contributed by atoms with Gasteiger partial charge in [0.15, 0.2) is 0 Å². The highest BCUT2D eigenvalue weighted by Gasteiger charge is 2.23. The minimum absolute atomic E-state index is 0.209. The van der Waals surface area contributed by atoms with Gasteiger partial charge in [-0.05, 0) is 54.5 Å². The molecule has 3 aromatic rings. The van der Waals surface area contributed by atoms with Gasteiger partial charge in [-0.3, -0.25) is 19.6 Å². The molecule has 0 aliphatic carbocycles. The molecule has 160 valence electrons. The summed E-state index contributed by atoms with van der Waals surface area (Å²) in [6, 6.07) is 10.7. The molecule has 9 heteroatoms. The molecule has 3 rings (SSSR count). The highest BCUT2D eigenvalue weighted by Crippen LogP contribution is 2.26. The lowest BCUT2D eigenvalue weighted by molar-refractivity contribution is -0.385. The topological polar surface area (TPSA) is 96.5 Å². The van der Waals surface area contributed by atoms with Crippen molar-refractivity contribution in [2.45, 2.75) is 13.5 Å². The molecular weight excluding hydrogens is 422 g/mol. The zero-order valence-corrected chi connectivity index (χ0v) is 17.9. The number of carbonyl (C=O) groups excluding carboxylic acids is 1. The molecule has 0 N–H and O–H groups in total. The third-order valence-electron chi connectivity index (χ3n) is 4.49. The number of methoxy groups -OCH3 is 1. The molecule has 0 radical (unpaired) electrons. The Bertz CT molecular complexity index is 1170. The largest absolute Gasteiger partial charge is 0.496 e. The van der Waals surface area contributed by atoms with Gasteiger partial charge in [-0.15, -0.1) is 0 Å². The number of benzene rings is 2. The van der Waals surface area contributed by atoms with E-state index in [1.54, 1.807) is 37.5 Å². The van der Waals surface area contributed by atoms with E-state index in [9.17, 15) is 14.9 Å². The predicted octanol–water partition coefficient (Wildman–Crippen LogP) is 4.77. The van der Waals surface area contributed by atoms with Crippen LogP contribution in [0.5, 0.6) is 11.5 Å². The molecule has 1 heterocycles. The molecular formula is C22H20ClN3O5. The van der Waals surface area contributed by atoms with Crippen LogP contribution in [0.1, 0.15) is 27.2 Å². The highest BCUT2D eigenvalue weighted by molar-refractivity contribution is 6.30. The first-order chi connectivity index (χ1) is 14.8. The molecule has 0 spiro atoms. The summed E-state index contributed by atoms with van der Waals surface area (Å²) < 4.78 is 12.5. The van der Waals surface area contributed by atoms with Gasteiger partial charge < -0.3 is 9.47 Å². The van der Waals surface area contributed by atoms with Gasteiger partial charge in [-0.2, -0.15) is 5.10 Å². The normalized spacial score (nSPS) is 11.0. The van der Waals surface area contributed by atoms with Gasteiger partial charge >= 0.3 is 5.69 Å². The second kappa shape index (κ2) is 9.44. The average Bonchev–Trinajstić information content (AvgIpc) is 3.13. The number of ketones is 1. The molecule has 31 heavy (non-hydrogen) atoms. The Morgan fingerprint density at radius 3 is 2.68 bits per heavy atom. The third-order valence-corrected chi connectivity index (χ3v) is 4.73. The molecule has 0 bridgehead atoms. The summed E-state index contributed by atoms with van der Waals surface area (Å²) >= 11 is 5.98. The van der Waals surface area contributed by atoms with E-state index in [-0.39, 0.29) is 18.0 Å². The van der Waals surface area contributed by atoms with E-state index in [1.807, 2.05) is 19.1 Å². The van der Waals surface area contributed by atoms with Crippen LogP contribution in [0.2, 0.25) is 5.02 Å². The maximum absolute atomic E-state index is 12.4. The fourth-order valence-corrected chi connectivity index (χ4v) is 3.21. The first-order valence-corrected chi connectivity index (χ1v) is 9.62. The number of nitro groups is 1. The van der Waals surface area contributed by atoms with Crippen molar-refractivity contribution in [3.8, 4) is 11.5 Å². The van der Waals surface area contributed by atoms with Crippen molar-refractivity contribution in [1.29, 1.82) is 0 Å². The summed E-state index contributed by atoms with van der Waals surface area (Å²) in [4.78, 5) is 22.9. The first kappa shape index (κ1) is 22.0. The third kappa shape index (κ3) is 5.29. The van der Waals surface area contributed by atoms with Gasteiger partial charge in [0.2, 0.25) is 11.5 Å². The van der Waals surface area contributed by atoms with E-state index in [0.29, 0.717) is 22.1 Å². The fourth-order valence-electron chi connectivity index (χ4n) is 2.98. The van der Waals surface area contributed by atoms with E-state index >= 15 is 0 Å². The van der Waals surface area contributed by atoms with Crippen LogP contribution in [0.3, 0.4) is 0 Å². The molecule has 1 aromatic heterocycles. The fraction of sp³-hybridized carbons (Fsp3) is 0.182. The van der Waals surface area contributed by atoms with Gasteiger partial charge in [-0.25, -0.2) is 0 Å². The van der Waals surface area contributed by atoms with Gasteiger partial charge in [0, 0.05) is 17.6 Å². The lowest BCUT2D eigenvalue weighted by atomic mass is 10.1. The summed E-state index contributed by atoms with van der Waals surface area (Å²) in [5, 5.41) is 15.6. The molecule has 0 amide bonds. The number of hydrogen-bond acceptors (Lipinski definition) is 6. The molecule has 0 unspecified atom stereocenters. The average molecular weight is 442 g/mol. The molecule has 0 saturated heterocycles. The molecule has 0 fully saturated rings. The van der Waals surface area contributed by atoms with Crippen LogP contribution in [-0.4, -0.2) is 27.6 Å². The first-order valence-electron chi connectivity index (χ1n) is 9.25. The lowest BCUT2D eigenvalue weighted by Gasteiger charge is -2.13. The van der Waals surface area contributed by atoms with Gasteiger partial charge in [0.05, 0.1) is 12.0 Å². The molecule has 0 aliphatic heterocycles. The Balaban J connectivity index is 1.80. The van der Waals surface area contributed by atoms with Crippen molar-refractivity contribution in [3.63, 3.8) is 0 Å². The standard InChI is InChI=1S/C22H20ClN3O5/c1-14-10-17(23)6-9-20(14)31-13-16-11-15(5-8-21(16)30-3)4-7-19(27)22-18(26(28)29)12-25(2)24-22/h4-12H,13H2,1-3H3/b7-4+. The van der Waals surface area contributed by atoms with E-state index in [1.165, 1.54) is 24.0 Å². The SMILES string of the molecule is COc1ccc(/C=C/C(=O)c2nn(C)cc2[N+](=O)[O-])cc1COc1ccc(Cl)cc1C. The van der Waals surface area contributed by atoms with Crippen molar-refractivity contribution in [2.24, 2.45) is 7.05 Å². The van der Waals surface area contributed by atoms with E-state index < -0.39 is 10.7 Å². The number of hydrogen-bond donors (Lipinski definition) is 0. The zero-order valence-electron chi connectivity index (χ0n) is 17.2. The summed E-state index contributed by atoms with van der Waals surface area (Å²) in [6.45, 7) is 2.15. The van der Waals surface area contributed by atoms with E-state index in [4.69, 9.17) is 21.1 Å². The number of allylic oxidation sites excluding steroid dienone is 1. The lowest BCUT2D eigenvalue weighted by Crippen LogP contribution is -2.01. The molecule has 2 aromatic carbocycles. The van der Waals surface area contributed by atoms with Crippen LogP contribution in [0, 0.1) is 17.0 Å². The summed E-state index contributed by atoms with van der Waals surface area (Å²) in [5.74, 6) is 0.776. The summed E-state index contributed by atoms with van der Waals surface area (Å²) in [7, 11) is 3.08. The van der Waals surface area contributed by atoms with Crippen LogP contribution in [0.25, 0.3) is 6.08 Å². The van der Waals surface area contributed by atoms with E-state index in [0.717, 1.165) is 11.1 Å². The van der Waals surface area contributed by atoms with Crippen molar-refractivity contribution in [1.82, 2.24) is 9.78 Å². The zero-order chi connectivity index (χ0) is 22.5. The second-order valence-electron chi connectivity index (χ2n) is 6.76. The quantitative estimate of drug-likeness (QED) is 0.216. The van der Waals surface area contributed by atoms with E-state index in [2.05, 4.69) is 5.10 Å². The van der Waals surface area contributed by atoms with Gasteiger partial charge in [-0.1, -0.05) is 23.7 Å². The number of nitrogens with zero attached hydrogens (tertiary/aromatic N) is 3. The monoisotopic (exact) mass is 441 g/mol. The maximum atomic E-state index is 12.4. The number of halogens is 1. The Labute approximate surface area is 183 Å². The van der Waals surface area contributed by atoms with Crippen molar-refractivity contribution >= 4 is 29.1 Å². The van der Waals surface area contributed by atoms with Crippen molar-refractivity contribution in [3.05, 3.63) is 86.2 Å². The molecule has 0 saturated carbocycles. The Morgan fingerprint density at radius 1 is 1.26 bits per heavy atom. The predicted molar refractivity (Wildman–Crippen MR) is 117 cm³/mol. The van der Waals surface area contributed by atoms with Crippen LogP contribution in [0.15, 0.2) is 48.7 Å². The second-order valence-corrected chi connectivity index (χ2v) is 7.20. The number of aromatic nitrogens is 2. The minimum atomic E-state index is -0.629. The van der Waals surface area contributed by atoms with Crippen LogP contribution < -0.4 is 9.47 Å².